The molecule has 77 heavy (non-hydrogen) atoms. The number of likely N-dealkylation sites (N-methyl/N-ethyl adjacent to an activating group) is 1. The summed E-state index contributed by atoms with van der Waals surface area (Å²) in [5.41, 5.74) is 13.4. The number of carbonyl (C=O) groups is 4. The Balaban J connectivity index is 0.000000221. The molecule has 21 heteroatoms. The smallest absolute Gasteiger partial charge is 0.251 e. The average molecular weight is 1090 g/mol. The molecule has 3 saturated heterocycles. The molecule has 2 aliphatic carbocycles. The Morgan fingerprint density at radius 2 is 1.27 bits per heavy atom. The second kappa shape index (κ2) is 33.2. The van der Waals surface area contributed by atoms with Crippen molar-refractivity contribution in [1.82, 2.24) is 35.0 Å². The van der Waals surface area contributed by atoms with Gasteiger partial charge in [-0.05, 0) is 151 Å². The molecule has 5 aliphatic rings. The van der Waals surface area contributed by atoms with Gasteiger partial charge in [0.2, 0.25) is 11.8 Å². The van der Waals surface area contributed by atoms with Crippen molar-refractivity contribution in [2.24, 2.45) is 22.7 Å². The van der Waals surface area contributed by atoms with Crippen molar-refractivity contribution >= 4 is 40.3 Å². The van der Waals surface area contributed by atoms with Gasteiger partial charge in [0.15, 0.2) is 0 Å². The van der Waals surface area contributed by atoms with Crippen molar-refractivity contribution in [3.63, 3.8) is 0 Å². The van der Waals surface area contributed by atoms with Crippen LogP contribution in [0.4, 0.5) is 18.9 Å². The van der Waals surface area contributed by atoms with Crippen molar-refractivity contribution in [2.45, 2.75) is 69.0 Å². The number of piperazine rings is 1. The number of likely N-dealkylation sites (tertiary alicyclic amines) is 1. The molecule has 0 bridgehead atoms. The SMILES string of the molecule is CCCN.CCCNC1CC1F.CN(C)S(=O)c1ccc(C(=O)NCC(=O)N2CC3(COC3)C2)cc1.CN1CCN(C(=O)CNC(=O)c2ccc(N(N)/C=C\N)cc2)CC1.Fc1ccc(C2CC2)cc1.Fc1ccccc1. The summed E-state index contributed by atoms with van der Waals surface area (Å²) < 4.78 is 55.0. The molecule has 17 nitrogen and oxygen atoms in total. The quantitative estimate of drug-likeness (QED) is 0.0673. The molecule has 9 rings (SSSR count). The maximum absolute atomic E-state index is 12.4. The van der Waals surface area contributed by atoms with Crippen molar-refractivity contribution < 1.29 is 41.3 Å². The lowest BCUT2D eigenvalue weighted by Gasteiger charge is -2.54. The van der Waals surface area contributed by atoms with Crippen LogP contribution in [0.5, 0.6) is 0 Å². The molecule has 2 saturated carbocycles. The number of ether oxygens (including phenoxy) is 1. The zero-order chi connectivity index (χ0) is 56.3. The van der Waals surface area contributed by atoms with Crippen molar-refractivity contribution in [1.29, 1.82) is 0 Å². The summed E-state index contributed by atoms with van der Waals surface area (Å²) in [6, 6.07) is 28.2. The standard InChI is InChI=1S/C16H24N6O2.C16H21N3O4S.C9H9F.C6H12FN.C6H5F.C3H9N/c1-20-8-10-21(11-9-20)15(23)12-19-16(24)13-2-4-14(5-3-13)22(18)7-6-17;1-18(2)24(22)13-5-3-12(4-6-13)15(21)17-7-14(20)19-8-16(9-19)10-23-11-16;10-9-5-3-8(4-6-9)7-1-2-7;1-2-3-8-6-4-5(6)7;7-6-4-2-1-3-5-6;1-2-3-4/h2-7H,8-12,17-18H2,1H3,(H,19,24);3-6H,7-11H2,1-2H3,(H,17,21);3-7H,1-2H2;5-6,8H,2-4H2,1H3;1-5H;2-4H2,1H3/b7-6-;;;;;. The predicted molar refractivity (Wildman–Crippen MR) is 297 cm³/mol. The van der Waals surface area contributed by atoms with Crippen LogP contribution in [0.1, 0.15) is 78.1 Å². The maximum Gasteiger partial charge on any atom is 0.251 e. The molecule has 4 aromatic rings. The van der Waals surface area contributed by atoms with E-state index in [0.29, 0.717) is 47.9 Å². The summed E-state index contributed by atoms with van der Waals surface area (Å²) in [6.45, 7) is 11.9. The number of rotatable bonds is 15. The number of halogens is 3. The lowest BCUT2D eigenvalue weighted by atomic mass is 9.78. The highest BCUT2D eigenvalue weighted by Crippen LogP contribution is 2.40. The third-order valence-electron chi connectivity index (χ3n) is 12.5. The Labute approximate surface area is 455 Å². The number of alkyl halides is 1. The molecule has 3 aliphatic heterocycles. The Bertz CT molecular complexity index is 2440. The molecule has 9 N–H and O–H groups in total. The number of amides is 4. The number of hydrogen-bond acceptors (Lipinski definition) is 12. The molecule has 5 fully saturated rings. The first-order valence-electron chi connectivity index (χ1n) is 26.1. The number of hydrazine groups is 1. The topological polar surface area (TPSA) is 225 Å². The van der Waals surface area contributed by atoms with E-state index in [2.05, 4.69) is 34.7 Å². The Hall–Kier alpha value is -6.20. The van der Waals surface area contributed by atoms with E-state index in [1.165, 1.54) is 60.1 Å². The van der Waals surface area contributed by atoms with Crippen LogP contribution in [0.15, 0.2) is 120 Å². The zero-order valence-corrected chi connectivity index (χ0v) is 46.0. The molecule has 4 amide bonds. The first-order valence-corrected chi connectivity index (χ1v) is 27.2. The lowest BCUT2D eigenvalue weighted by molar-refractivity contribution is -0.194. The van der Waals surface area contributed by atoms with Crippen LogP contribution in [0.3, 0.4) is 0 Å². The van der Waals surface area contributed by atoms with Crippen LogP contribution in [0.2, 0.25) is 0 Å². The molecular weight excluding hydrogens is 1010 g/mol. The Morgan fingerprint density at radius 3 is 1.69 bits per heavy atom. The molecule has 1 spiro atoms. The van der Waals surface area contributed by atoms with E-state index in [4.69, 9.17) is 22.0 Å². The monoisotopic (exact) mass is 1090 g/mol. The number of nitrogens with two attached hydrogens (primary N) is 3. The number of hydrogen-bond donors (Lipinski definition) is 6. The van der Waals surface area contributed by atoms with E-state index in [1.54, 1.807) is 94.9 Å². The fourth-order valence-corrected chi connectivity index (χ4v) is 8.27. The molecule has 0 radical (unpaired) electrons. The average Bonchev–Trinajstić information content (AvgIpc) is 4.38. The van der Waals surface area contributed by atoms with Gasteiger partial charge in [-0.2, -0.15) is 0 Å². The molecule has 4 aromatic carbocycles. The van der Waals surface area contributed by atoms with Crippen LogP contribution in [-0.4, -0.2) is 159 Å². The highest BCUT2D eigenvalue weighted by atomic mass is 32.2. The first-order chi connectivity index (χ1) is 36.9. The minimum atomic E-state index is -1.24. The minimum absolute atomic E-state index is 0.00320. The second-order valence-electron chi connectivity index (χ2n) is 19.4. The molecule has 3 atom stereocenters. The predicted octanol–water partition coefficient (Wildman–Crippen LogP) is 5.14. The van der Waals surface area contributed by atoms with Gasteiger partial charge < -0.3 is 46.9 Å². The van der Waals surface area contributed by atoms with Gasteiger partial charge >= 0.3 is 0 Å². The number of carbonyl (C=O) groups excluding carboxylic acids is 4. The van der Waals surface area contributed by atoms with Gasteiger partial charge in [0.25, 0.3) is 11.8 Å². The summed E-state index contributed by atoms with van der Waals surface area (Å²) in [6.07, 6.45) is 7.79. The highest BCUT2D eigenvalue weighted by molar-refractivity contribution is 7.82. The summed E-state index contributed by atoms with van der Waals surface area (Å²) in [4.78, 5) is 54.7. The van der Waals surface area contributed by atoms with Gasteiger partial charge in [-0.15, -0.1) is 0 Å². The summed E-state index contributed by atoms with van der Waals surface area (Å²) in [5.74, 6) is 5.42. The number of nitrogens with one attached hydrogen (secondary N) is 3. The Kier molecular flexibility index (Phi) is 27.3. The van der Waals surface area contributed by atoms with Gasteiger partial charge in [-0.25, -0.2) is 27.5 Å². The third kappa shape index (κ3) is 22.7. The first kappa shape index (κ1) is 63.3. The summed E-state index contributed by atoms with van der Waals surface area (Å²) in [5, 5.41) is 9.72. The van der Waals surface area contributed by atoms with Crippen molar-refractivity contribution in [3.8, 4) is 0 Å². The van der Waals surface area contributed by atoms with E-state index in [-0.39, 0.29) is 59.8 Å². The zero-order valence-electron chi connectivity index (χ0n) is 45.2. The normalized spacial score (nSPS) is 18.0. The maximum atomic E-state index is 12.4. The van der Waals surface area contributed by atoms with Crippen LogP contribution in [0.25, 0.3) is 0 Å². The van der Waals surface area contributed by atoms with Crippen LogP contribution >= 0.6 is 0 Å². The number of nitrogens with zero attached hydrogens (tertiary/aromatic N) is 5. The lowest BCUT2D eigenvalue weighted by Crippen LogP contribution is -2.68. The van der Waals surface area contributed by atoms with E-state index < -0.39 is 17.2 Å². The number of benzene rings is 4. The number of anilines is 1. The Morgan fingerprint density at radius 1 is 0.766 bits per heavy atom. The van der Waals surface area contributed by atoms with Gasteiger partial charge in [-0.1, -0.05) is 44.2 Å². The molecule has 3 unspecified atom stereocenters. The van der Waals surface area contributed by atoms with Gasteiger partial charge in [0.05, 0.1) is 42.3 Å². The van der Waals surface area contributed by atoms with E-state index in [1.807, 2.05) is 19.2 Å². The molecule has 422 valence electrons. The molecule has 0 aromatic heterocycles. The second-order valence-corrected chi connectivity index (χ2v) is 21.1. The third-order valence-corrected chi connectivity index (χ3v) is 13.9. The summed E-state index contributed by atoms with van der Waals surface area (Å²) >= 11 is 0. The van der Waals surface area contributed by atoms with E-state index >= 15 is 0 Å². The fraction of sp³-hybridized carbons (Fsp3) is 0.464. The van der Waals surface area contributed by atoms with Crippen LogP contribution in [-0.2, 0) is 25.3 Å². The van der Waals surface area contributed by atoms with Crippen molar-refractivity contribution in [3.05, 3.63) is 144 Å². The van der Waals surface area contributed by atoms with Crippen LogP contribution in [0, 0.1) is 17.0 Å². The highest BCUT2D eigenvalue weighted by Gasteiger charge is 2.50. The van der Waals surface area contributed by atoms with Crippen molar-refractivity contribution in [2.75, 3.05) is 105 Å². The van der Waals surface area contributed by atoms with Crippen LogP contribution < -0.4 is 38.3 Å². The van der Waals surface area contributed by atoms with Gasteiger partial charge in [-0.3, -0.25) is 24.2 Å². The molecule has 3 heterocycles. The largest absolute Gasteiger partial charge is 0.403 e. The summed E-state index contributed by atoms with van der Waals surface area (Å²) in [7, 11) is 4.23. The van der Waals surface area contributed by atoms with E-state index in [9.17, 15) is 36.6 Å². The fourth-order valence-electron chi connectivity index (χ4n) is 7.48. The minimum Gasteiger partial charge on any atom is -0.403 e. The molecular formula is C56H80F3N11O6S. The van der Waals surface area contributed by atoms with E-state index in [0.717, 1.165) is 64.6 Å². The van der Waals surface area contributed by atoms with Gasteiger partial charge in [0.1, 0.15) is 28.8 Å². The van der Waals surface area contributed by atoms with Gasteiger partial charge in [0, 0.05) is 68.8 Å².